The minimum Gasteiger partial charge on any atom is -0.356 e. The first-order valence-electron chi connectivity index (χ1n) is 11.4. The van der Waals surface area contributed by atoms with E-state index in [1.165, 1.54) is 11.1 Å². The van der Waals surface area contributed by atoms with Gasteiger partial charge < -0.3 is 15.5 Å². The Morgan fingerprint density at radius 1 is 1.09 bits per heavy atom. The summed E-state index contributed by atoms with van der Waals surface area (Å²) in [4.78, 5) is 24.0. The maximum absolute atomic E-state index is 12.7. The highest BCUT2D eigenvalue weighted by molar-refractivity contribution is 5.79. The van der Waals surface area contributed by atoms with Gasteiger partial charge >= 0.3 is 0 Å². The molecular formula is C26H31N5O. The Morgan fingerprint density at radius 2 is 1.91 bits per heavy atom. The second-order valence-electron chi connectivity index (χ2n) is 8.40. The molecule has 1 unspecified atom stereocenters. The van der Waals surface area contributed by atoms with E-state index in [9.17, 15) is 4.79 Å². The van der Waals surface area contributed by atoms with Crippen LogP contribution in [-0.2, 0) is 11.2 Å². The predicted octanol–water partition coefficient (Wildman–Crippen LogP) is 4.49. The van der Waals surface area contributed by atoms with Crippen molar-refractivity contribution in [3.05, 3.63) is 78.0 Å². The minimum absolute atomic E-state index is 0.0298. The lowest BCUT2D eigenvalue weighted by atomic mass is 9.97. The first-order valence-corrected chi connectivity index (χ1v) is 11.4. The highest BCUT2D eigenvalue weighted by Gasteiger charge is 2.27. The van der Waals surface area contributed by atoms with Crippen LogP contribution >= 0.6 is 0 Å². The first kappa shape index (κ1) is 21.8. The van der Waals surface area contributed by atoms with E-state index < -0.39 is 0 Å². The average Bonchev–Trinajstić information content (AvgIpc) is 2.84. The summed E-state index contributed by atoms with van der Waals surface area (Å²) in [6.45, 7) is 4.29. The van der Waals surface area contributed by atoms with Crippen LogP contribution < -0.4 is 15.5 Å². The molecule has 2 N–H and O–H groups in total. The number of carbonyl (C=O) groups excluding carboxylic acids is 1. The minimum atomic E-state index is -0.0298. The number of aryl methyl sites for hydroxylation is 2. The average molecular weight is 430 g/mol. The fourth-order valence-electron chi connectivity index (χ4n) is 4.02. The molecule has 1 atom stereocenters. The summed E-state index contributed by atoms with van der Waals surface area (Å²) in [7, 11) is 0. The molecule has 166 valence electrons. The molecule has 0 spiro atoms. The lowest BCUT2D eigenvalue weighted by Crippen LogP contribution is -2.44. The second kappa shape index (κ2) is 10.8. The maximum atomic E-state index is 12.7. The van der Waals surface area contributed by atoms with Crippen LogP contribution in [0.1, 0.15) is 30.4 Å². The normalized spacial score (nSPS) is 15.9. The fraction of sp³-hybridized carbons (Fsp3) is 0.346. The van der Waals surface area contributed by atoms with Crippen molar-refractivity contribution in [2.75, 3.05) is 29.9 Å². The van der Waals surface area contributed by atoms with E-state index in [0.717, 1.165) is 43.7 Å². The van der Waals surface area contributed by atoms with Gasteiger partial charge in [0.2, 0.25) is 11.9 Å². The quantitative estimate of drug-likeness (QED) is 0.516. The SMILES string of the molecule is Cc1ccc(Nc2ccnc(N3CCCC(C(=O)NCCCc4ccccc4)C3)n2)cc1. The molecule has 32 heavy (non-hydrogen) atoms. The Bertz CT molecular complexity index is 1010. The number of hydrogen-bond donors (Lipinski definition) is 2. The molecule has 1 aliphatic rings. The molecule has 0 radical (unpaired) electrons. The number of anilines is 3. The van der Waals surface area contributed by atoms with E-state index in [1.54, 1.807) is 6.20 Å². The molecule has 1 fully saturated rings. The van der Waals surface area contributed by atoms with Gasteiger partial charge in [0.25, 0.3) is 0 Å². The van der Waals surface area contributed by atoms with Crippen LogP contribution in [-0.4, -0.2) is 35.5 Å². The molecule has 6 heteroatoms. The van der Waals surface area contributed by atoms with Crippen LogP contribution in [0.15, 0.2) is 66.9 Å². The van der Waals surface area contributed by atoms with Gasteiger partial charge in [-0.25, -0.2) is 4.98 Å². The molecule has 6 nitrogen and oxygen atoms in total. The van der Waals surface area contributed by atoms with Crippen LogP contribution in [0.2, 0.25) is 0 Å². The third-order valence-corrected chi connectivity index (χ3v) is 5.83. The van der Waals surface area contributed by atoms with Crippen LogP contribution in [0.3, 0.4) is 0 Å². The summed E-state index contributed by atoms with van der Waals surface area (Å²) in [6.07, 6.45) is 5.56. The van der Waals surface area contributed by atoms with Gasteiger partial charge in [-0.2, -0.15) is 4.98 Å². The van der Waals surface area contributed by atoms with Crippen LogP contribution in [0, 0.1) is 12.8 Å². The number of aromatic nitrogens is 2. The summed E-state index contributed by atoms with van der Waals surface area (Å²) in [5.41, 5.74) is 3.52. The zero-order valence-electron chi connectivity index (χ0n) is 18.6. The Kier molecular flexibility index (Phi) is 7.33. The smallest absolute Gasteiger partial charge is 0.227 e. The van der Waals surface area contributed by atoms with E-state index in [2.05, 4.69) is 68.8 Å². The zero-order chi connectivity index (χ0) is 22.2. The number of carbonyl (C=O) groups is 1. The van der Waals surface area contributed by atoms with Crippen molar-refractivity contribution in [1.82, 2.24) is 15.3 Å². The first-order chi connectivity index (χ1) is 15.7. The van der Waals surface area contributed by atoms with Crippen LogP contribution in [0.5, 0.6) is 0 Å². The third-order valence-electron chi connectivity index (χ3n) is 5.83. The molecule has 0 aliphatic carbocycles. The van der Waals surface area contributed by atoms with Gasteiger partial charge in [-0.15, -0.1) is 0 Å². The molecular weight excluding hydrogens is 398 g/mol. The lowest BCUT2D eigenvalue weighted by Gasteiger charge is -2.32. The van der Waals surface area contributed by atoms with Crippen molar-refractivity contribution in [3.8, 4) is 0 Å². The largest absolute Gasteiger partial charge is 0.356 e. The van der Waals surface area contributed by atoms with Gasteiger partial charge in [0.1, 0.15) is 5.82 Å². The summed E-state index contributed by atoms with van der Waals surface area (Å²) in [6, 6.07) is 20.5. The number of rotatable bonds is 8. The molecule has 0 saturated carbocycles. The molecule has 2 heterocycles. The van der Waals surface area contributed by atoms with Crippen molar-refractivity contribution in [2.45, 2.75) is 32.6 Å². The van der Waals surface area contributed by atoms with Gasteiger partial charge in [0.15, 0.2) is 0 Å². The molecule has 4 rings (SSSR count). The monoisotopic (exact) mass is 429 g/mol. The van der Waals surface area contributed by atoms with Gasteiger partial charge in [0, 0.05) is 31.5 Å². The maximum Gasteiger partial charge on any atom is 0.227 e. The number of hydrogen-bond acceptors (Lipinski definition) is 5. The highest BCUT2D eigenvalue weighted by Crippen LogP contribution is 2.22. The van der Waals surface area contributed by atoms with Gasteiger partial charge in [-0.1, -0.05) is 48.0 Å². The number of nitrogens with zero attached hydrogens (tertiary/aromatic N) is 3. The van der Waals surface area contributed by atoms with E-state index >= 15 is 0 Å². The molecule has 0 bridgehead atoms. The zero-order valence-corrected chi connectivity index (χ0v) is 18.6. The van der Waals surface area contributed by atoms with Crippen molar-refractivity contribution in [1.29, 1.82) is 0 Å². The second-order valence-corrected chi connectivity index (χ2v) is 8.40. The Hall–Kier alpha value is -3.41. The lowest BCUT2D eigenvalue weighted by molar-refractivity contribution is -0.125. The predicted molar refractivity (Wildman–Crippen MR) is 129 cm³/mol. The van der Waals surface area contributed by atoms with Gasteiger partial charge in [0.05, 0.1) is 5.92 Å². The van der Waals surface area contributed by atoms with Crippen LogP contribution in [0.25, 0.3) is 0 Å². The molecule has 3 aromatic rings. The summed E-state index contributed by atoms with van der Waals surface area (Å²) in [5, 5.41) is 6.46. The number of nitrogens with one attached hydrogen (secondary N) is 2. The van der Waals surface area contributed by atoms with Crippen molar-refractivity contribution < 1.29 is 4.79 Å². The fourth-order valence-corrected chi connectivity index (χ4v) is 4.02. The topological polar surface area (TPSA) is 70.2 Å². The van der Waals surface area contributed by atoms with E-state index in [1.807, 2.05) is 24.3 Å². The Balaban J connectivity index is 1.29. The molecule has 1 amide bonds. The summed E-state index contributed by atoms with van der Waals surface area (Å²) < 4.78 is 0. The van der Waals surface area contributed by atoms with Crippen molar-refractivity contribution in [2.24, 2.45) is 5.92 Å². The summed E-state index contributed by atoms with van der Waals surface area (Å²) >= 11 is 0. The van der Waals surface area contributed by atoms with Gasteiger partial charge in [-0.05, 0) is 56.4 Å². The third kappa shape index (κ3) is 6.06. The Morgan fingerprint density at radius 3 is 2.72 bits per heavy atom. The van der Waals surface area contributed by atoms with E-state index in [4.69, 9.17) is 0 Å². The summed E-state index contributed by atoms with van der Waals surface area (Å²) in [5.74, 6) is 1.53. The Labute approximate surface area is 190 Å². The molecule has 1 aliphatic heterocycles. The van der Waals surface area contributed by atoms with Crippen LogP contribution in [0.4, 0.5) is 17.5 Å². The van der Waals surface area contributed by atoms with E-state index in [0.29, 0.717) is 19.0 Å². The highest BCUT2D eigenvalue weighted by atomic mass is 16.1. The van der Waals surface area contributed by atoms with Crippen molar-refractivity contribution >= 4 is 23.4 Å². The molecule has 2 aromatic carbocycles. The van der Waals surface area contributed by atoms with Gasteiger partial charge in [-0.3, -0.25) is 4.79 Å². The molecule has 1 saturated heterocycles. The van der Waals surface area contributed by atoms with E-state index in [-0.39, 0.29) is 11.8 Å². The standard InChI is InChI=1S/C26H31N5O/c1-20-11-13-23(14-12-20)29-24-15-17-28-26(30-24)31-18-6-10-22(19-31)25(32)27-16-5-9-21-7-3-2-4-8-21/h2-4,7-8,11-15,17,22H,5-6,9-10,16,18-19H2,1H3,(H,27,32)(H,28,29,30). The number of benzene rings is 2. The van der Waals surface area contributed by atoms with Crippen molar-refractivity contribution in [3.63, 3.8) is 0 Å². The number of amides is 1. The molecule has 1 aromatic heterocycles. The number of piperidine rings is 1.